The van der Waals surface area contributed by atoms with Gasteiger partial charge in [-0.1, -0.05) is 13.1 Å². The van der Waals surface area contributed by atoms with Gasteiger partial charge in [0.05, 0.1) is 8.80 Å². The molecule has 1 unspecified atom stereocenters. The van der Waals surface area contributed by atoms with Gasteiger partial charge < -0.3 is 29.6 Å². The van der Waals surface area contributed by atoms with Crippen molar-refractivity contribution in [2.45, 2.75) is 25.2 Å². The minimum absolute atomic E-state index is 0. The van der Waals surface area contributed by atoms with Crippen molar-refractivity contribution >= 4 is 8.80 Å². The molecule has 0 aromatic carbocycles. The van der Waals surface area contributed by atoms with E-state index in [1.165, 1.54) is 5.57 Å². The van der Waals surface area contributed by atoms with E-state index in [0.29, 0.717) is 5.73 Å². The molecule has 0 amide bonds. The first-order valence-electron chi connectivity index (χ1n) is 4.05. The summed E-state index contributed by atoms with van der Waals surface area (Å²) < 4.78 is 5.41. The Morgan fingerprint density at radius 1 is 1.43 bits per heavy atom. The third-order valence-electron chi connectivity index (χ3n) is 1.89. The smallest absolute Gasteiger partial charge is 1.00 e. The predicted molar refractivity (Wildman–Crippen MR) is 50.2 cm³/mol. The fourth-order valence-corrected chi connectivity index (χ4v) is 2.87. The molecule has 1 aliphatic rings. The maximum Gasteiger partial charge on any atom is 3.00 e. The zero-order valence-electron chi connectivity index (χ0n) is 8.68. The second-order valence-electron chi connectivity index (χ2n) is 3.14. The number of hydrogen-bond donors (Lipinski definition) is 0. The third kappa shape index (κ3) is 5.74. The van der Waals surface area contributed by atoms with Crippen LogP contribution in [0.3, 0.4) is 0 Å². The summed E-state index contributed by atoms with van der Waals surface area (Å²) >= 11 is 0. The topological polar surface area (TPSA) is 9.23 Å². The Morgan fingerprint density at radius 2 is 2.00 bits per heavy atom. The van der Waals surface area contributed by atoms with Crippen molar-refractivity contribution in [2.75, 3.05) is 7.11 Å². The van der Waals surface area contributed by atoms with Crippen LogP contribution in [0, 0.1) is 6.08 Å². The molecule has 1 radical (unpaired) electrons. The molecular weight excluding hydrogens is 271 g/mol. The fraction of sp³-hybridized carbons (Fsp3) is 0.556. The molecular formula is C9H15Cl2OSiTi. The van der Waals surface area contributed by atoms with Gasteiger partial charge in [-0.25, -0.2) is 6.08 Å². The molecule has 0 N–H and O–H groups in total. The molecule has 0 bridgehead atoms. The summed E-state index contributed by atoms with van der Waals surface area (Å²) in [6.07, 6.45) is 8.55. The Kier molecular flexibility index (Phi) is 15.2. The SMILES string of the molecule is COC(C1=[C-]CC=C1)[SiH](C)C.[Cl-].[Cl-].[Ti+3]. The van der Waals surface area contributed by atoms with Gasteiger partial charge in [0.25, 0.3) is 0 Å². The molecule has 1 aliphatic carbocycles. The Labute approximate surface area is 116 Å². The van der Waals surface area contributed by atoms with Gasteiger partial charge in [-0.15, -0.1) is 6.42 Å². The molecule has 1 rings (SSSR count). The average molecular weight is 286 g/mol. The molecule has 14 heavy (non-hydrogen) atoms. The summed E-state index contributed by atoms with van der Waals surface area (Å²) in [6, 6.07) is 0. The fourth-order valence-electron chi connectivity index (χ4n) is 1.38. The third-order valence-corrected chi connectivity index (χ3v) is 3.73. The van der Waals surface area contributed by atoms with Crippen LogP contribution in [0.15, 0.2) is 17.7 Å². The first kappa shape index (κ1) is 20.4. The van der Waals surface area contributed by atoms with Crippen molar-refractivity contribution in [3.8, 4) is 0 Å². The van der Waals surface area contributed by atoms with Crippen LogP contribution in [0.5, 0.6) is 0 Å². The Morgan fingerprint density at radius 3 is 2.29 bits per heavy atom. The average Bonchev–Trinajstić information content (AvgIpc) is 2.40. The second-order valence-corrected chi connectivity index (χ2v) is 6.23. The quantitative estimate of drug-likeness (QED) is 0.377. The zero-order valence-corrected chi connectivity index (χ0v) is 12.9. The van der Waals surface area contributed by atoms with E-state index >= 15 is 0 Å². The molecule has 1 nitrogen and oxygen atoms in total. The van der Waals surface area contributed by atoms with Gasteiger partial charge in [-0.05, 0) is 0 Å². The number of ether oxygens (including phenoxy) is 1. The van der Waals surface area contributed by atoms with Crippen molar-refractivity contribution < 1.29 is 51.3 Å². The van der Waals surface area contributed by atoms with Crippen LogP contribution in [0.25, 0.3) is 0 Å². The molecule has 0 aromatic rings. The minimum atomic E-state index is -0.712. The van der Waals surface area contributed by atoms with E-state index in [4.69, 9.17) is 4.74 Å². The molecule has 79 valence electrons. The number of hydrogen-bond acceptors (Lipinski definition) is 1. The summed E-state index contributed by atoms with van der Waals surface area (Å²) in [5.41, 5.74) is 1.64. The van der Waals surface area contributed by atoms with Crippen LogP contribution in [-0.2, 0) is 26.5 Å². The Hall–Kier alpha value is 0.951. The molecule has 1 atom stereocenters. The molecule has 0 fully saturated rings. The van der Waals surface area contributed by atoms with Gasteiger partial charge >= 0.3 is 21.7 Å². The number of rotatable bonds is 3. The Bertz CT molecular complexity index is 195. The first-order valence-corrected chi connectivity index (χ1v) is 7.03. The number of methoxy groups -OCH3 is 1. The predicted octanol–water partition coefficient (Wildman–Crippen LogP) is -4.28. The van der Waals surface area contributed by atoms with Crippen molar-refractivity contribution in [2.24, 2.45) is 0 Å². The van der Waals surface area contributed by atoms with E-state index in [1.807, 2.05) is 0 Å². The van der Waals surface area contributed by atoms with Crippen LogP contribution in [0.2, 0.25) is 13.1 Å². The summed E-state index contributed by atoms with van der Waals surface area (Å²) in [5.74, 6) is 0. The number of allylic oxidation sites excluding steroid dienone is 2. The van der Waals surface area contributed by atoms with Gasteiger partial charge in [0.1, 0.15) is 0 Å². The van der Waals surface area contributed by atoms with Gasteiger partial charge in [0.2, 0.25) is 0 Å². The molecule has 0 heterocycles. The second kappa shape index (κ2) is 10.5. The summed E-state index contributed by atoms with van der Waals surface area (Å²) in [6.45, 7) is 4.60. The molecule has 0 spiro atoms. The maximum atomic E-state index is 5.41. The molecule has 0 saturated carbocycles. The summed E-state index contributed by atoms with van der Waals surface area (Å²) in [7, 11) is 1.08. The summed E-state index contributed by atoms with van der Waals surface area (Å²) in [4.78, 5) is 0. The van der Waals surface area contributed by atoms with E-state index < -0.39 is 8.80 Å². The van der Waals surface area contributed by atoms with E-state index in [0.717, 1.165) is 6.42 Å². The zero-order chi connectivity index (χ0) is 8.27. The largest absolute Gasteiger partial charge is 3.00 e. The van der Waals surface area contributed by atoms with Gasteiger partial charge in [-0.2, -0.15) is 11.6 Å². The molecule has 5 heteroatoms. The van der Waals surface area contributed by atoms with Crippen LogP contribution in [0.4, 0.5) is 0 Å². The van der Waals surface area contributed by atoms with Crippen molar-refractivity contribution in [3.63, 3.8) is 0 Å². The summed E-state index contributed by atoms with van der Waals surface area (Å²) in [5, 5.41) is 0. The maximum absolute atomic E-state index is 5.41. The minimum Gasteiger partial charge on any atom is -1.00 e. The monoisotopic (exact) mass is 285 g/mol. The first-order chi connectivity index (χ1) is 5.25. The van der Waals surface area contributed by atoms with Crippen LogP contribution < -0.4 is 24.8 Å². The van der Waals surface area contributed by atoms with Gasteiger partial charge in [0.15, 0.2) is 0 Å². The van der Waals surface area contributed by atoms with Gasteiger partial charge in [0, 0.05) is 12.8 Å². The standard InChI is InChI=1S/C9H15OSi.2ClH.Ti/c1-10-9(11(2)3)8-6-4-5-7-8;;;/h4,6,9,11H,5H2,1-3H3;2*1H;/q-1;;;+3/p-2. The van der Waals surface area contributed by atoms with Crippen molar-refractivity contribution in [1.82, 2.24) is 0 Å². The molecule has 0 saturated heterocycles. The molecule has 0 aromatic heterocycles. The van der Waals surface area contributed by atoms with Crippen molar-refractivity contribution in [1.29, 1.82) is 0 Å². The van der Waals surface area contributed by atoms with Crippen LogP contribution in [0.1, 0.15) is 6.42 Å². The van der Waals surface area contributed by atoms with Gasteiger partial charge in [-0.3, -0.25) is 6.08 Å². The van der Waals surface area contributed by atoms with E-state index in [1.54, 1.807) is 7.11 Å². The normalized spacial score (nSPS) is 15.0. The van der Waals surface area contributed by atoms with E-state index in [2.05, 4.69) is 31.3 Å². The van der Waals surface area contributed by atoms with E-state index in [-0.39, 0.29) is 46.5 Å². The Balaban J connectivity index is -0.000000403. The van der Waals surface area contributed by atoms with Crippen LogP contribution in [-0.4, -0.2) is 21.6 Å². The molecule has 0 aliphatic heterocycles. The van der Waals surface area contributed by atoms with Crippen LogP contribution >= 0.6 is 0 Å². The number of halogens is 2. The van der Waals surface area contributed by atoms with E-state index in [9.17, 15) is 0 Å². The van der Waals surface area contributed by atoms with Crippen molar-refractivity contribution in [3.05, 3.63) is 23.8 Å².